The molecule has 0 aliphatic carbocycles. The van der Waals surface area contributed by atoms with E-state index in [1.807, 2.05) is 12.1 Å². The Balaban J connectivity index is 0.00000200. The first-order valence-electron chi connectivity index (χ1n) is 6.05. The van der Waals surface area contributed by atoms with Crippen LogP contribution in [-0.2, 0) is 13.0 Å². The zero-order valence-corrected chi connectivity index (χ0v) is 13.0. The highest BCUT2D eigenvalue weighted by Crippen LogP contribution is 2.20. The van der Waals surface area contributed by atoms with Gasteiger partial charge in [-0.15, -0.1) is 12.4 Å². The summed E-state index contributed by atoms with van der Waals surface area (Å²) in [7, 11) is 0. The van der Waals surface area contributed by atoms with Gasteiger partial charge in [-0.05, 0) is 42.3 Å². The van der Waals surface area contributed by atoms with Crippen molar-refractivity contribution < 1.29 is 4.39 Å². The topological polar surface area (TPSA) is 12.0 Å². The van der Waals surface area contributed by atoms with Crippen molar-refractivity contribution in [2.75, 3.05) is 6.54 Å². The van der Waals surface area contributed by atoms with E-state index in [1.54, 1.807) is 24.3 Å². The second kappa shape index (κ2) is 8.48. The second-order valence-corrected chi connectivity index (χ2v) is 5.10. The SMILES string of the molecule is Cl.Fc1ccccc1CCNCc1ccc(Cl)cc1Cl. The summed E-state index contributed by atoms with van der Waals surface area (Å²) in [6, 6.07) is 12.2. The lowest BCUT2D eigenvalue weighted by Crippen LogP contribution is -2.17. The molecule has 0 fully saturated rings. The van der Waals surface area contributed by atoms with Crippen LogP contribution in [0.5, 0.6) is 0 Å². The summed E-state index contributed by atoms with van der Waals surface area (Å²) in [5.74, 6) is -0.158. The van der Waals surface area contributed by atoms with Crippen LogP contribution in [0.15, 0.2) is 42.5 Å². The van der Waals surface area contributed by atoms with Crippen molar-refractivity contribution >= 4 is 35.6 Å². The van der Waals surface area contributed by atoms with Gasteiger partial charge in [-0.2, -0.15) is 0 Å². The van der Waals surface area contributed by atoms with Gasteiger partial charge in [0, 0.05) is 16.6 Å². The Kier molecular flexibility index (Phi) is 7.31. The fraction of sp³-hybridized carbons (Fsp3) is 0.200. The van der Waals surface area contributed by atoms with Gasteiger partial charge in [-0.1, -0.05) is 47.5 Å². The molecule has 1 nitrogen and oxygen atoms in total. The van der Waals surface area contributed by atoms with Crippen LogP contribution < -0.4 is 5.32 Å². The summed E-state index contributed by atoms with van der Waals surface area (Å²) >= 11 is 11.9. The third-order valence-corrected chi connectivity index (χ3v) is 3.45. The molecule has 2 rings (SSSR count). The third-order valence-electron chi connectivity index (χ3n) is 2.86. The van der Waals surface area contributed by atoms with E-state index in [1.165, 1.54) is 6.07 Å². The van der Waals surface area contributed by atoms with Gasteiger partial charge in [-0.25, -0.2) is 4.39 Å². The van der Waals surface area contributed by atoms with Crippen molar-refractivity contribution in [2.24, 2.45) is 0 Å². The molecule has 0 saturated carbocycles. The molecular formula is C15H15Cl3FN. The summed E-state index contributed by atoms with van der Waals surface area (Å²) in [5, 5.41) is 4.51. The van der Waals surface area contributed by atoms with Gasteiger partial charge in [-0.3, -0.25) is 0 Å². The minimum Gasteiger partial charge on any atom is -0.312 e. The van der Waals surface area contributed by atoms with E-state index in [4.69, 9.17) is 23.2 Å². The number of rotatable bonds is 5. The minimum atomic E-state index is -0.158. The molecule has 0 spiro atoms. The number of benzene rings is 2. The average Bonchev–Trinajstić information content (AvgIpc) is 2.38. The molecule has 1 N–H and O–H groups in total. The van der Waals surface area contributed by atoms with E-state index in [-0.39, 0.29) is 18.2 Å². The molecule has 0 amide bonds. The number of halogens is 4. The Morgan fingerprint density at radius 2 is 1.75 bits per heavy atom. The molecule has 0 aliphatic heterocycles. The molecule has 0 radical (unpaired) electrons. The summed E-state index contributed by atoms with van der Waals surface area (Å²) < 4.78 is 13.4. The molecule has 0 aromatic heterocycles. The summed E-state index contributed by atoms with van der Waals surface area (Å²) in [4.78, 5) is 0. The number of hydrogen-bond acceptors (Lipinski definition) is 1. The predicted octanol–water partition coefficient (Wildman–Crippen LogP) is 4.89. The van der Waals surface area contributed by atoms with E-state index in [2.05, 4.69) is 5.32 Å². The van der Waals surface area contributed by atoms with Crippen LogP contribution in [0.25, 0.3) is 0 Å². The molecule has 108 valence electrons. The predicted molar refractivity (Wildman–Crippen MR) is 85.5 cm³/mol. The summed E-state index contributed by atoms with van der Waals surface area (Å²) in [6.45, 7) is 1.34. The van der Waals surface area contributed by atoms with Gasteiger partial charge in [0.2, 0.25) is 0 Å². The highest BCUT2D eigenvalue weighted by molar-refractivity contribution is 6.35. The number of hydrogen-bond donors (Lipinski definition) is 1. The van der Waals surface area contributed by atoms with Gasteiger partial charge >= 0.3 is 0 Å². The van der Waals surface area contributed by atoms with Crippen molar-refractivity contribution in [3.8, 4) is 0 Å². The maximum absolute atomic E-state index is 13.4. The molecule has 0 atom stereocenters. The average molecular weight is 335 g/mol. The van der Waals surface area contributed by atoms with Crippen LogP contribution in [0, 0.1) is 5.82 Å². The first kappa shape index (κ1) is 17.3. The monoisotopic (exact) mass is 333 g/mol. The van der Waals surface area contributed by atoms with Gasteiger partial charge in [0.15, 0.2) is 0 Å². The molecule has 5 heteroatoms. The van der Waals surface area contributed by atoms with Crippen LogP contribution in [0.2, 0.25) is 10.0 Å². The Labute approximate surface area is 134 Å². The lowest BCUT2D eigenvalue weighted by molar-refractivity contribution is 0.598. The highest BCUT2D eigenvalue weighted by atomic mass is 35.5. The van der Waals surface area contributed by atoms with E-state index in [9.17, 15) is 4.39 Å². The van der Waals surface area contributed by atoms with Crippen LogP contribution in [0.3, 0.4) is 0 Å². The van der Waals surface area contributed by atoms with Gasteiger partial charge in [0.25, 0.3) is 0 Å². The first-order chi connectivity index (χ1) is 9.16. The van der Waals surface area contributed by atoms with Crippen LogP contribution in [-0.4, -0.2) is 6.54 Å². The second-order valence-electron chi connectivity index (χ2n) is 4.25. The van der Waals surface area contributed by atoms with E-state index < -0.39 is 0 Å². The molecule has 0 unspecified atom stereocenters. The number of nitrogens with one attached hydrogen (secondary N) is 1. The Morgan fingerprint density at radius 1 is 1.00 bits per heavy atom. The molecule has 0 saturated heterocycles. The van der Waals surface area contributed by atoms with Crippen molar-refractivity contribution in [2.45, 2.75) is 13.0 Å². The van der Waals surface area contributed by atoms with E-state index in [0.717, 1.165) is 11.1 Å². The van der Waals surface area contributed by atoms with E-state index in [0.29, 0.717) is 29.6 Å². The Morgan fingerprint density at radius 3 is 2.45 bits per heavy atom. The van der Waals surface area contributed by atoms with Crippen molar-refractivity contribution in [3.63, 3.8) is 0 Å². The molecule has 0 aliphatic rings. The van der Waals surface area contributed by atoms with E-state index >= 15 is 0 Å². The fourth-order valence-electron chi connectivity index (χ4n) is 1.81. The van der Waals surface area contributed by atoms with Crippen molar-refractivity contribution in [1.82, 2.24) is 5.32 Å². The zero-order chi connectivity index (χ0) is 13.7. The van der Waals surface area contributed by atoms with Crippen molar-refractivity contribution in [1.29, 1.82) is 0 Å². The first-order valence-corrected chi connectivity index (χ1v) is 6.80. The minimum absolute atomic E-state index is 0. The standard InChI is InChI=1S/C15H14Cl2FN.ClH/c16-13-6-5-12(14(17)9-13)10-19-8-7-11-3-1-2-4-15(11)18;/h1-6,9,19H,7-8,10H2;1H. The molecule has 2 aromatic carbocycles. The van der Waals surface area contributed by atoms with Gasteiger partial charge in [0.1, 0.15) is 5.82 Å². The summed E-state index contributed by atoms with van der Waals surface area (Å²) in [5.41, 5.74) is 1.71. The highest BCUT2D eigenvalue weighted by Gasteiger charge is 2.02. The fourth-order valence-corrected chi connectivity index (χ4v) is 2.29. The smallest absolute Gasteiger partial charge is 0.126 e. The van der Waals surface area contributed by atoms with Crippen LogP contribution in [0.1, 0.15) is 11.1 Å². The molecule has 0 heterocycles. The Hall–Kier alpha value is -0.800. The summed E-state index contributed by atoms with van der Waals surface area (Å²) in [6.07, 6.45) is 0.651. The van der Waals surface area contributed by atoms with Crippen molar-refractivity contribution in [3.05, 3.63) is 69.5 Å². The maximum atomic E-state index is 13.4. The lowest BCUT2D eigenvalue weighted by atomic mass is 10.1. The van der Waals surface area contributed by atoms with Crippen LogP contribution in [0.4, 0.5) is 4.39 Å². The maximum Gasteiger partial charge on any atom is 0.126 e. The van der Waals surface area contributed by atoms with Gasteiger partial charge < -0.3 is 5.32 Å². The quantitative estimate of drug-likeness (QED) is 0.768. The lowest BCUT2D eigenvalue weighted by Gasteiger charge is -2.07. The normalized spacial score (nSPS) is 10.2. The molecule has 2 aromatic rings. The molecular weight excluding hydrogens is 320 g/mol. The molecule has 20 heavy (non-hydrogen) atoms. The third kappa shape index (κ3) is 4.95. The largest absolute Gasteiger partial charge is 0.312 e. The Bertz CT molecular complexity index is 561. The zero-order valence-electron chi connectivity index (χ0n) is 10.7. The van der Waals surface area contributed by atoms with Gasteiger partial charge in [0.05, 0.1) is 0 Å². The van der Waals surface area contributed by atoms with Crippen LogP contribution >= 0.6 is 35.6 Å². The molecule has 0 bridgehead atoms.